The summed E-state index contributed by atoms with van der Waals surface area (Å²) in [6.07, 6.45) is 10.4. The lowest BCUT2D eigenvalue weighted by molar-refractivity contribution is 0.0699. The largest absolute Gasteiger partial charge is 0.385 e. The molecule has 2 aromatic heterocycles. The molecule has 2 fully saturated rings. The number of halogens is 1. The van der Waals surface area contributed by atoms with Gasteiger partial charge in [-0.25, -0.2) is 4.98 Å². The van der Waals surface area contributed by atoms with E-state index in [0.717, 1.165) is 93.2 Å². The maximum absolute atomic E-state index is 6.59. The normalized spacial score (nSPS) is 20.7. The zero-order valence-electron chi connectivity index (χ0n) is 20.8. The third kappa shape index (κ3) is 6.96. The van der Waals surface area contributed by atoms with Gasteiger partial charge in [0, 0.05) is 62.0 Å². The maximum atomic E-state index is 6.59. The molecular formula is C29H36ClN5O. The molecule has 3 N–H and O–H groups in total. The number of aromatic nitrogens is 2. The highest BCUT2D eigenvalue weighted by atomic mass is 35.5. The highest BCUT2D eigenvalue weighted by Crippen LogP contribution is 2.32. The van der Waals surface area contributed by atoms with Crippen molar-refractivity contribution < 1.29 is 4.74 Å². The molecule has 0 bridgehead atoms. The lowest BCUT2D eigenvalue weighted by atomic mass is 9.91. The summed E-state index contributed by atoms with van der Waals surface area (Å²) < 4.78 is 5.48. The molecule has 0 unspecified atom stereocenters. The fraction of sp³-hybridized carbons (Fsp3) is 0.448. The number of ether oxygens (including phenoxy) is 1. The Bertz CT molecular complexity index is 1100. The van der Waals surface area contributed by atoms with Gasteiger partial charge in [0.05, 0.1) is 10.7 Å². The summed E-state index contributed by atoms with van der Waals surface area (Å²) in [6, 6.07) is 17.6. The first-order valence-corrected chi connectivity index (χ1v) is 13.6. The Balaban J connectivity index is 1.15. The van der Waals surface area contributed by atoms with Gasteiger partial charge in [0.15, 0.2) is 0 Å². The van der Waals surface area contributed by atoms with Gasteiger partial charge in [-0.15, -0.1) is 0 Å². The van der Waals surface area contributed by atoms with E-state index in [0.29, 0.717) is 23.0 Å². The summed E-state index contributed by atoms with van der Waals surface area (Å²) in [5, 5.41) is 11.6. The monoisotopic (exact) mass is 505 g/mol. The number of hydrogen-bond donors (Lipinski definition) is 3. The van der Waals surface area contributed by atoms with Crippen LogP contribution in [0.15, 0.2) is 60.9 Å². The number of hydrogen-bond acceptors (Lipinski definition) is 6. The van der Waals surface area contributed by atoms with Crippen molar-refractivity contribution in [3.8, 4) is 11.1 Å². The molecule has 3 aromatic rings. The first kappa shape index (κ1) is 25.0. The molecule has 0 spiro atoms. The predicted molar refractivity (Wildman–Crippen MR) is 147 cm³/mol. The molecule has 0 atom stereocenters. The van der Waals surface area contributed by atoms with Gasteiger partial charge in [-0.2, -0.15) is 0 Å². The molecule has 1 aliphatic heterocycles. The average molecular weight is 506 g/mol. The summed E-state index contributed by atoms with van der Waals surface area (Å²) in [5.41, 5.74) is 4.33. The van der Waals surface area contributed by atoms with Crippen molar-refractivity contribution in [3.63, 3.8) is 0 Å². The third-order valence-corrected chi connectivity index (χ3v) is 7.64. The second-order valence-corrected chi connectivity index (χ2v) is 10.4. The van der Waals surface area contributed by atoms with Crippen LogP contribution in [0.4, 0.5) is 11.5 Å². The summed E-state index contributed by atoms with van der Waals surface area (Å²) in [7, 11) is 0. The smallest absolute Gasteiger partial charge is 0.126 e. The van der Waals surface area contributed by atoms with E-state index >= 15 is 0 Å². The topological polar surface area (TPSA) is 71.1 Å². The standard InChI is InChI=1S/C29H36ClN5O/c30-28-20-34-29(35-24-9-7-23(8-10-24)33-19-26-5-1-2-13-31-26)17-27(28)22-4-3-6-25(16-22)32-18-21-11-14-36-15-12-21/h1-6,13,16-17,20-21,23-24,32-33H,7-12,14-15,18-19H2,(H,34,35). The summed E-state index contributed by atoms with van der Waals surface area (Å²) in [5.74, 6) is 1.56. The van der Waals surface area contributed by atoms with E-state index in [9.17, 15) is 0 Å². The van der Waals surface area contributed by atoms with Crippen LogP contribution < -0.4 is 16.0 Å². The first-order valence-electron chi connectivity index (χ1n) is 13.2. The molecule has 36 heavy (non-hydrogen) atoms. The molecule has 0 radical (unpaired) electrons. The van der Waals surface area contributed by atoms with Crippen LogP contribution in [0.25, 0.3) is 11.1 Å². The van der Waals surface area contributed by atoms with Crippen molar-refractivity contribution in [2.45, 2.75) is 57.2 Å². The molecule has 190 valence electrons. The lowest BCUT2D eigenvalue weighted by Gasteiger charge is -2.30. The van der Waals surface area contributed by atoms with Gasteiger partial charge in [-0.3, -0.25) is 4.98 Å². The quantitative estimate of drug-likeness (QED) is 0.324. The Hall–Kier alpha value is -2.67. The Morgan fingerprint density at radius 1 is 0.889 bits per heavy atom. The minimum Gasteiger partial charge on any atom is -0.385 e. The van der Waals surface area contributed by atoms with Crippen molar-refractivity contribution in [2.24, 2.45) is 5.92 Å². The zero-order valence-corrected chi connectivity index (χ0v) is 21.5. The minimum atomic E-state index is 0.423. The molecule has 1 aromatic carbocycles. The molecular weight excluding hydrogens is 470 g/mol. The Labute approximate surface area is 219 Å². The fourth-order valence-electron chi connectivity index (χ4n) is 5.15. The highest BCUT2D eigenvalue weighted by Gasteiger charge is 2.21. The number of anilines is 2. The molecule has 2 aliphatic rings. The number of nitrogens with one attached hydrogen (secondary N) is 3. The number of nitrogens with zero attached hydrogens (tertiary/aromatic N) is 2. The molecule has 1 saturated heterocycles. The van der Waals surface area contributed by atoms with Crippen molar-refractivity contribution >= 4 is 23.1 Å². The van der Waals surface area contributed by atoms with E-state index in [1.54, 1.807) is 6.20 Å². The maximum Gasteiger partial charge on any atom is 0.126 e. The molecule has 6 nitrogen and oxygen atoms in total. The van der Waals surface area contributed by atoms with Crippen LogP contribution in [0.3, 0.4) is 0 Å². The second-order valence-electron chi connectivity index (χ2n) is 9.96. The van der Waals surface area contributed by atoms with E-state index in [4.69, 9.17) is 16.3 Å². The van der Waals surface area contributed by atoms with Gasteiger partial charge in [0.25, 0.3) is 0 Å². The van der Waals surface area contributed by atoms with Crippen LogP contribution in [0, 0.1) is 5.92 Å². The van der Waals surface area contributed by atoms with Crippen LogP contribution in [0.5, 0.6) is 0 Å². The van der Waals surface area contributed by atoms with Crippen LogP contribution in [0.1, 0.15) is 44.2 Å². The molecule has 5 rings (SSSR count). The van der Waals surface area contributed by atoms with Crippen molar-refractivity contribution in [3.05, 3.63) is 71.6 Å². The Morgan fingerprint density at radius 3 is 2.53 bits per heavy atom. The Morgan fingerprint density at radius 2 is 1.72 bits per heavy atom. The molecule has 3 heterocycles. The van der Waals surface area contributed by atoms with E-state index in [1.807, 2.05) is 18.3 Å². The predicted octanol–water partition coefficient (Wildman–Crippen LogP) is 6.15. The van der Waals surface area contributed by atoms with Crippen LogP contribution in [0.2, 0.25) is 5.02 Å². The van der Waals surface area contributed by atoms with Gasteiger partial charge in [0.1, 0.15) is 5.82 Å². The zero-order chi connectivity index (χ0) is 24.6. The summed E-state index contributed by atoms with van der Waals surface area (Å²) in [4.78, 5) is 8.99. The van der Waals surface area contributed by atoms with Gasteiger partial charge < -0.3 is 20.7 Å². The van der Waals surface area contributed by atoms with E-state index in [-0.39, 0.29) is 0 Å². The van der Waals surface area contributed by atoms with Crippen molar-refractivity contribution in [1.82, 2.24) is 15.3 Å². The van der Waals surface area contributed by atoms with Crippen molar-refractivity contribution in [1.29, 1.82) is 0 Å². The van der Waals surface area contributed by atoms with Crippen LogP contribution >= 0.6 is 11.6 Å². The van der Waals surface area contributed by atoms with E-state index in [1.165, 1.54) is 0 Å². The SMILES string of the molecule is Clc1cnc(NC2CCC(NCc3ccccn3)CC2)cc1-c1cccc(NCC2CCOCC2)c1. The van der Waals surface area contributed by atoms with Gasteiger partial charge in [-0.05, 0) is 80.3 Å². The number of rotatable bonds is 9. The third-order valence-electron chi connectivity index (χ3n) is 7.34. The molecule has 1 saturated carbocycles. The number of pyridine rings is 2. The molecule has 0 amide bonds. The van der Waals surface area contributed by atoms with Crippen molar-refractivity contribution in [2.75, 3.05) is 30.4 Å². The van der Waals surface area contributed by atoms with Crippen LogP contribution in [-0.4, -0.2) is 41.8 Å². The lowest BCUT2D eigenvalue weighted by Crippen LogP contribution is -2.36. The first-order chi connectivity index (χ1) is 17.7. The van der Waals surface area contributed by atoms with E-state index < -0.39 is 0 Å². The number of benzene rings is 1. The fourth-order valence-corrected chi connectivity index (χ4v) is 5.36. The average Bonchev–Trinajstić information content (AvgIpc) is 2.94. The second kappa shape index (κ2) is 12.5. The summed E-state index contributed by atoms with van der Waals surface area (Å²) in [6.45, 7) is 3.55. The summed E-state index contributed by atoms with van der Waals surface area (Å²) >= 11 is 6.59. The van der Waals surface area contributed by atoms with Crippen LogP contribution in [-0.2, 0) is 11.3 Å². The van der Waals surface area contributed by atoms with E-state index in [2.05, 4.69) is 62.3 Å². The molecule has 1 aliphatic carbocycles. The van der Waals surface area contributed by atoms with Gasteiger partial charge in [-0.1, -0.05) is 29.8 Å². The highest BCUT2D eigenvalue weighted by molar-refractivity contribution is 6.33. The van der Waals surface area contributed by atoms with Gasteiger partial charge in [0.2, 0.25) is 0 Å². The Kier molecular flexibility index (Phi) is 8.70. The van der Waals surface area contributed by atoms with Gasteiger partial charge >= 0.3 is 0 Å². The minimum absolute atomic E-state index is 0.423. The molecule has 7 heteroatoms.